The first-order valence-corrected chi connectivity index (χ1v) is 6.91. The standard InChI is InChI=1S/C15H18FN3O/c1-2-5-19-9-10(8-18-19)15-7-13(17)12-6-11(16)3-4-14(12)20-15/h3-4,6,8-9,13,15H,2,5,7,17H2,1H3/t13-,15?/m1/s1. The van der Waals surface area contributed by atoms with Crippen molar-refractivity contribution in [2.75, 3.05) is 0 Å². The van der Waals surface area contributed by atoms with Gasteiger partial charge < -0.3 is 10.5 Å². The van der Waals surface area contributed by atoms with E-state index < -0.39 is 0 Å². The van der Waals surface area contributed by atoms with E-state index in [9.17, 15) is 4.39 Å². The van der Waals surface area contributed by atoms with Crippen molar-refractivity contribution in [3.05, 3.63) is 47.5 Å². The first-order chi connectivity index (χ1) is 9.67. The van der Waals surface area contributed by atoms with Crippen molar-refractivity contribution in [2.24, 2.45) is 5.73 Å². The number of ether oxygens (including phenoxy) is 1. The van der Waals surface area contributed by atoms with Gasteiger partial charge in [-0.25, -0.2) is 4.39 Å². The molecule has 1 aliphatic heterocycles. The molecule has 0 saturated carbocycles. The second-order valence-corrected chi connectivity index (χ2v) is 5.17. The molecule has 1 unspecified atom stereocenters. The third-order valence-electron chi connectivity index (χ3n) is 3.59. The lowest BCUT2D eigenvalue weighted by atomic mass is 9.95. The summed E-state index contributed by atoms with van der Waals surface area (Å²) in [6.07, 6.45) is 5.37. The van der Waals surface area contributed by atoms with Crippen molar-refractivity contribution in [1.29, 1.82) is 0 Å². The Morgan fingerprint density at radius 3 is 3.15 bits per heavy atom. The van der Waals surface area contributed by atoms with Crippen molar-refractivity contribution >= 4 is 0 Å². The minimum Gasteiger partial charge on any atom is -0.485 e. The smallest absolute Gasteiger partial charge is 0.129 e. The molecule has 0 aliphatic carbocycles. The largest absolute Gasteiger partial charge is 0.485 e. The van der Waals surface area contributed by atoms with E-state index in [0.717, 1.165) is 24.1 Å². The molecule has 0 saturated heterocycles. The van der Waals surface area contributed by atoms with Gasteiger partial charge in [0.15, 0.2) is 0 Å². The zero-order valence-electron chi connectivity index (χ0n) is 11.4. The topological polar surface area (TPSA) is 53.1 Å². The molecule has 20 heavy (non-hydrogen) atoms. The van der Waals surface area contributed by atoms with Crippen LogP contribution >= 0.6 is 0 Å². The van der Waals surface area contributed by atoms with Crippen LogP contribution in [0.2, 0.25) is 0 Å². The molecule has 1 aromatic heterocycles. The van der Waals surface area contributed by atoms with Crippen LogP contribution < -0.4 is 10.5 Å². The number of aryl methyl sites for hydroxylation is 1. The Kier molecular flexibility index (Phi) is 3.44. The van der Waals surface area contributed by atoms with Crippen molar-refractivity contribution in [2.45, 2.75) is 38.5 Å². The summed E-state index contributed by atoms with van der Waals surface area (Å²) in [4.78, 5) is 0. The fraction of sp³-hybridized carbons (Fsp3) is 0.400. The molecule has 0 spiro atoms. The normalized spacial score (nSPS) is 21.4. The highest BCUT2D eigenvalue weighted by Gasteiger charge is 2.28. The van der Waals surface area contributed by atoms with Crippen LogP contribution in [0.25, 0.3) is 0 Å². The number of fused-ring (bicyclic) bond motifs is 1. The molecule has 1 aliphatic rings. The van der Waals surface area contributed by atoms with Crippen LogP contribution in [0.15, 0.2) is 30.6 Å². The Bertz CT molecular complexity index is 611. The number of rotatable bonds is 3. The number of benzene rings is 1. The molecule has 3 rings (SSSR count). The van der Waals surface area contributed by atoms with E-state index in [2.05, 4.69) is 12.0 Å². The Labute approximate surface area is 117 Å². The van der Waals surface area contributed by atoms with Gasteiger partial charge in [-0.2, -0.15) is 5.10 Å². The number of aromatic nitrogens is 2. The number of hydrogen-bond acceptors (Lipinski definition) is 3. The van der Waals surface area contributed by atoms with Gasteiger partial charge in [-0.05, 0) is 24.6 Å². The SMILES string of the molecule is CCCn1cc(C2C[C@@H](N)c3cc(F)ccc3O2)cn1. The highest BCUT2D eigenvalue weighted by Crippen LogP contribution is 2.39. The maximum atomic E-state index is 13.3. The summed E-state index contributed by atoms with van der Waals surface area (Å²) in [5.41, 5.74) is 7.89. The van der Waals surface area contributed by atoms with Crippen molar-refractivity contribution in [3.63, 3.8) is 0 Å². The Morgan fingerprint density at radius 2 is 2.35 bits per heavy atom. The molecule has 1 aromatic carbocycles. The van der Waals surface area contributed by atoms with E-state index in [0.29, 0.717) is 12.2 Å². The highest BCUT2D eigenvalue weighted by atomic mass is 19.1. The monoisotopic (exact) mass is 275 g/mol. The summed E-state index contributed by atoms with van der Waals surface area (Å²) >= 11 is 0. The Balaban J connectivity index is 1.85. The highest BCUT2D eigenvalue weighted by molar-refractivity contribution is 5.39. The van der Waals surface area contributed by atoms with E-state index in [-0.39, 0.29) is 18.0 Å². The summed E-state index contributed by atoms with van der Waals surface area (Å²) in [6.45, 7) is 3.00. The van der Waals surface area contributed by atoms with Gasteiger partial charge in [-0.1, -0.05) is 6.92 Å². The van der Waals surface area contributed by atoms with E-state index in [1.807, 2.05) is 17.1 Å². The molecule has 4 nitrogen and oxygen atoms in total. The number of nitrogens with zero attached hydrogens (tertiary/aromatic N) is 2. The summed E-state index contributed by atoms with van der Waals surface area (Å²) < 4.78 is 21.1. The lowest BCUT2D eigenvalue weighted by Crippen LogP contribution is -2.24. The molecule has 0 radical (unpaired) electrons. The van der Waals surface area contributed by atoms with Crippen LogP contribution in [-0.2, 0) is 6.54 Å². The zero-order valence-corrected chi connectivity index (χ0v) is 11.4. The van der Waals surface area contributed by atoms with E-state index in [1.165, 1.54) is 12.1 Å². The average Bonchev–Trinajstić information content (AvgIpc) is 2.88. The molecular formula is C15H18FN3O. The average molecular weight is 275 g/mol. The van der Waals surface area contributed by atoms with Gasteiger partial charge in [-0.3, -0.25) is 4.68 Å². The number of hydrogen-bond donors (Lipinski definition) is 1. The lowest BCUT2D eigenvalue weighted by molar-refractivity contribution is 0.161. The molecule has 2 N–H and O–H groups in total. The van der Waals surface area contributed by atoms with Gasteiger partial charge in [0.2, 0.25) is 0 Å². The van der Waals surface area contributed by atoms with Crippen molar-refractivity contribution in [1.82, 2.24) is 9.78 Å². The summed E-state index contributed by atoms with van der Waals surface area (Å²) in [6, 6.07) is 4.28. The fourth-order valence-corrected chi connectivity index (χ4v) is 2.58. The van der Waals surface area contributed by atoms with Crippen LogP contribution in [-0.4, -0.2) is 9.78 Å². The van der Waals surface area contributed by atoms with Gasteiger partial charge in [0, 0.05) is 36.3 Å². The quantitative estimate of drug-likeness (QED) is 0.937. The van der Waals surface area contributed by atoms with Crippen LogP contribution in [0.1, 0.15) is 43.0 Å². The summed E-state index contributed by atoms with van der Waals surface area (Å²) in [5.74, 6) is 0.385. The summed E-state index contributed by atoms with van der Waals surface area (Å²) in [7, 11) is 0. The molecule has 2 atom stereocenters. The second kappa shape index (κ2) is 5.25. The first kappa shape index (κ1) is 13.1. The fourth-order valence-electron chi connectivity index (χ4n) is 2.58. The van der Waals surface area contributed by atoms with Gasteiger partial charge in [0.05, 0.1) is 6.20 Å². The molecule has 5 heteroatoms. The van der Waals surface area contributed by atoms with Gasteiger partial charge in [0.25, 0.3) is 0 Å². The molecule has 0 bridgehead atoms. The third kappa shape index (κ3) is 2.41. The second-order valence-electron chi connectivity index (χ2n) is 5.17. The molecule has 2 aromatic rings. The predicted molar refractivity (Wildman–Crippen MR) is 73.8 cm³/mol. The third-order valence-corrected chi connectivity index (χ3v) is 3.59. The van der Waals surface area contributed by atoms with E-state index in [1.54, 1.807) is 6.07 Å². The predicted octanol–water partition coefficient (Wildman–Crippen LogP) is 2.96. The number of halogens is 1. The van der Waals surface area contributed by atoms with Gasteiger partial charge in [-0.15, -0.1) is 0 Å². The maximum Gasteiger partial charge on any atom is 0.129 e. The lowest BCUT2D eigenvalue weighted by Gasteiger charge is -2.29. The van der Waals surface area contributed by atoms with E-state index in [4.69, 9.17) is 10.5 Å². The Hall–Kier alpha value is -1.88. The molecule has 0 fully saturated rings. The van der Waals surface area contributed by atoms with Crippen molar-refractivity contribution < 1.29 is 9.13 Å². The first-order valence-electron chi connectivity index (χ1n) is 6.91. The summed E-state index contributed by atoms with van der Waals surface area (Å²) in [5, 5.41) is 4.31. The zero-order chi connectivity index (χ0) is 14.1. The van der Waals surface area contributed by atoms with Crippen LogP contribution in [0.5, 0.6) is 5.75 Å². The molecule has 2 heterocycles. The van der Waals surface area contributed by atoms with Crippen LogP contribution in [0.3, 0.4) is 0 Å². The van der Waals surface area contributed by atoms with Gasteiger partial charge in [0.1, 0.15) is 17.7 Å². The Morgan fingerprint density at radius 1 is 1.50 bits per heavy atom. The molecule has 0 amide bonds. The minimum absolute atomic E-state index is 0.117. The number of nitrogens with two attached hydrogens (primary N) is 1. The molecular weight excluding hydrogens is 257 g/mol. The van der Waals surface area contributed by atoms with Gasteiger partial charge >= 0.3 is 0 Å². The molecule has 106 valence electrons. The minimum atomic E-state index is -0.281. The van der Waals surface area contributed by atoms with E-state index >= 15 is 0 Å². The van der Waals surface area contributed by atoms with Crippen LogP contribution in [0, 0.1) is 5.82 Å². The maximum absolute atomic E-state index is 13.3. The van der Waals surface area contributed by atoms with Crippen molar-refractivity contribution in [3.8, 4) is 5.75 Å². The van der Waals surface area contributed by atoms with Crippen LogP contribution in [0.4, 0.5) is 4.39 Å².